The highest BCUT2D eigenvalue weighted by Crippen LogP contribution is 2.34. The Hall–Kier alpha value is -2.86. The van der Waals surface area contributed by atoms with Gasteiger partial charge in [0.2, 0.25) is 15.9 Å². The smallest absolute Gasteiger partial charge is 0.247 e. The number of likely N-dealkylation sites (N-methyl/N-ethyl adjacent to an activating group) is 1. The van der Waals surface area contributed by atoms with Crippen molar-refractivity contribution in [1.29, 1.82) is 0 Å². The quantitative estimate of drug-likeness (QED) is 0.693. The van der Waals surface area contributed by atoms with Crippen LogP contribution in [0.15, 0.2) is 53.4 Å². The Balaban J connectivity index is 2.08. The van der Waals surface area contributed by atoms with E-state index in [1.165, 1.54) is 17.3 Å². The van der Waals surface area contributed by atoms with E-state index in [-0.39, 0.29) is 35.6 Å². The number of amides is 1. The topological polar surface area (TPSA) is 87.2 Å². The van der Waals surface area contributed by atoms with Gasteiger partial charge in [-0.05, 0) is 37.3 Å². The molecule has 8 heteroatoms. The Bertz CT molecular complexity index is 1150. The lowest BCUT2D eigenvalue weighted by atomic mass is 10.0. The predicted molar refractivity (Wildman–Crippen MR) is 126 cm³/mol. The zero-order chi connectivity index (χ0) is 24.2. The van der Waals surface area contributed by atoms with Crippen LogP contribution in [0.5, 0.6) is 5.75 Å². The molecule has 1 aliphatic heterocycles. The van der Waals surface area contributed by atoms with Crippen molar-refractivity contribution >= 4 is 15.9 Å². The summed E-state index contributed by atoms with van der Waals surface area (Å²) in [6.07, 6.45) is -0.445. The van der Waals surface area contributed by atoms with Crippen LogP contribution in [0.25, 0.3) is 0 Å². The lowest BCUT2D eigenvalue weighted by molar-refractivity contribution is -0.129. The molecule has 0 bridgehead atoms. The molecule has 0 unspecified atom stereocenters. The molecule has 0 saturated carbocycles. The first-order valence-electron chi connectivity index (χ1n) is 10.9. The molecule has 0 spiro atoms. The van der Waals surface area contributed by atoms with Crippen molar-refractivity contribution in [3.05, 3.63) is 59.7 Å². The van der Waals surface area contributed by atoms with Gasteiger partial charge in [-0.3, -0.25) is 4.79 Å². The summed E-state index contributed by atoms with van der Waals surface area (Å²) >= 11 is 0. The van der Waals surface area contributed by atoms with Gasteiger partial charge in [0.1, 0.15) is 16.7 Å². The molecule has 3 atom stereocenters. The van der Waals surface area contributed by atoms with Crippen LogP contribution in [-0.4, -0.2) is 67.5 Å². The van der Waals surface area contributed by atoms with Crippen molar-refractivity contribution in [3.8, 4) is 17.6 Å². The van der Waals surface area contributed by atoms with E-state index >= 15 is 0 Å². The van der Waals surface area contributed by atoms with Crippen LogP contribution in [0.2, 0.25) is 0 Å². The molecule has 33 heavy (non-hydrogen) atoms. The standard InChI is InChI=1S/C25H30N2O5S/c1-18-15-27(19(2)17-28)33(30,31)25-13-12-22(11-10-21-8-6-5-7-9-21)14-23(25)32-24(18)16-26(4)20(3)29/h5-9,12-14,18-19,24,28H,15-17H2,1-4H3/t18-,19+,24+/m1/s1. The molecular formula is C25H30N2O5S. The van der Waals surface area contributed by atoms with Crippen molar-refractivity contribution in [1.82, 2.24) is 9.21 Å². The molecule has 0 saturated heterocycles. The number of carbonyl (C=O) groups excluding carboxylic acids is 1. The van der Waals surface area contributed by atoms with Gasteiger partial charge in [0.25, 0.3) is 0 Å². The van der Waals surface area contributed by atoms with E-state index in [0.717, 1.165) is 5.56 Å². The first-order valence-corrected chi connectivity index (χ1v) is 12.3. The van der Waals surface area contributed by atoms with E-state index in [9.17, 15) is 18.3 Å². The number of benzene rings is 2. The van der Waals surface area contributed by atoms with Gasteiger partial charge in [0.15, 0.2) is 0 Å². The molecule has 1 N–H and O–H groups in total. The molecule has 0 fully saturated rings. The molecular weight excluding hydrogens is 440 g/mol. The van der Waals surface area contributed by atoms with E-state index < -0.39 is 22.2 Å². The number of ether oxygens (including phenoxy) is 1. The Kier molecular flexibility index (Phi) is 7.80. The van der Waals surface area contributed by atoms with Crippen molar-refractivity contribution in [2.24, 2.45) is 5.92 Å². The van der Waals surface area contributed by atoms with Gasteiger partial charge >= 0.3 is 0 Å². The second-order valence-electron chi connectivity index (χ2n) is 8.42. The minimum Gasteiger partial charge on any atom is -0.487 e. The minimum absolute atomic E-state index is 0.0236. The van der Waals surface area contributed by atoms with Crippen LogP contribution in [0.4, 0.5) is 0 Å². The molecule has 3 rings (SSSR count). The van der Waals surface area contributed by atoms with Crippen molar-refractivity contribution in [2.45, 2.75) is 37.8 Å². The Labute approximate surface area is 196 Å². The lowest BCUT2D eigenvalue weighted by Crippen LogP contribution is -2.50. The van der Waals surface area contributed by atoms with Crippen LogP contribution >= 0.6 is 0 Å². The summed E-state index contributed by atoms with van der Waals surface area (Å²) in [5.74, 6) is 5.98. The summed E-state index contributed by atoms with van der Waals surface area (Å²) in [5.41, 5.74) is 1.46. The van der Waals surface area contributed by atoms with E-state index in [2.05, 4.69) is 11.8 Å². The summed E-state index contributed by atoms with van der Waals surface area (Å²) < 4.78 is 34.5. The summed E-state index contributed by atoms with van der Waals surface area (Å²) in [7, 11) is -2.23. The molecule has 0 aliphatic carbocycles. The fourth-order valence-electron chi connectivity index (χ4n) is 3.59. The fraction of sp³-hybridized carbons (Fsp3) is 0.400. The van der Waals surface area contributed by atoms with Crippen LogP contribution in [0.3, 0.4) is 0 Å². The number of hydrogen-bond acceptors (Lipinski definition) is 5. The Morgan fingerprint density at radius 2 is 1.88 bits per heavy atom. The zero-order valence-electron chi connectivity index (χ0n) is 19.4. The fourth-order valence-corrected chi connectivity index (χ4v) is 5.41. The van der Waals surface area contributed by atoms with E-state index in [1.807, 2.05) is 37.3 Å². The van der Waals surface area contributed by atoms with Gasteiger partial charge < -0.3 is 14.7 Å². The third-order valence-electron chi connectivity index (χ3n) is 5.78. The van der Waals surface area contributed by atoms with Crippen molar-refractivity contribution in [3.63, 3.8) is 0 Å². The van der Waals surface area contributed by atoms with Crippen LogP contribution in [0.1, 0.15) is 31.9 Å². The molecule has 7 nitrogen and oxygen atoms in total. The number of aliphatic hydroxyl groups is 1. The molecule has 2 aromatic carbocycles. The van der Waals surface area contributed by atoms with Gasteiger partial charge in [0, 0.05) is 43.6 Å². The number of fused-ring (bicyclic) bond motifs is 1. The predicted octanol–water partition coefficient (Wildman–Crippen LogP) is 2.33. The Morgan fingerprint density at radius 1 is 1.21 bits per heavy atom. The number of aliphatic hydroxyl groups excluding tert-OH is 1. The highest BCUT2D eigenvalue weighted by atomic mass is 32.2. The van der Waals surface area contributed by atoms with E-state index in [0.29, 0.717) is 12.1 Å². The number of hydrogen-bond donors (Lipinski definition) is 1. The minimum atomic E-state index is -3.92. The summed E-state index contributed by atoms with van der Waals surface area (Å²) in [6.45, 7) is 5.19. The normalized spacial score (nSPS) is 20.8. The number of nitrogens with zero attached hydrogens (tertiary/aromatic N) is 2. The largest absolute Gasteiger partial charge is 0.487 e. The van der Waals surface area contributed by atoms with Gasteiger partial charge in [-0.2, -0.15) is 4.31 Å². The Morgan fingerprint density at radius 3 is 2.52 bits per heavy atom. The van der Waals surface area contributed by atoms with Gasteiger partial charge in [-0.1, -0.05) is 37.0 Å². The van der Waals surface area contributed by atoms with Gasteiger partial charge in [-0.25, -0.2) is 8.42 Å². The van der Waals surface area contributed by atoms with E-state index in [1.54, 1.807) is 31.0 Å². The average molecular weight is 471 g/mol. The number of carbonyl (C=O) groups is 1. The SMILES string of the molecule is CC(=O)N(C)C[C@@H]1Oc2cc(C#Cc3ccccc3)ccc2S(=O)(=O)N([C@@H](C)CO)C[C@H]1C. The number of sulfonamides is 1. The van der Waals surface area contributed by atoms with Crippen molar-refractivity contribution in [2.75, 3.05) is 26.7 Å². The molecule has 2 aromatic rings. The maximum absolute atomic E-state index is 13.5. The maximum atomic E-state index is 13.5. The molecule has 0 aromatic heterocycles. The molecule has 1 amide bonds. The lowest BCUT2D eigenvalue weighted by Gasteiger charge is -2.37. The first kappa shape index (κ1) is 24.8. The third-order valence-corrected chi connectivity index (χ3v) is 7.80. The second kappa shape index (κ2) is 10.4. The van der Waals surface area contributed by atoms with Gasteiger partial charge in [0.05, 0.1) is 13.2 Å². The summed E-state index contributed by atoms with van der Waals surface area (Å²) in [5, 5.41) is 9.71. The summed E-state index contributed by atoms with van der Waals surface area (Å²) in [6, 6.07) is 13.7. The average Bonchev–Trinajstić information content (AvgIpc) is 2.79. The van der Waals surface area contributed by atoms with Gasteiger partial charge in [-0.15, -0.1) is 0 Å². The highest BCUT2D eigenvalue weighted by Gasteiger charge is 2.38. The van der Waals surface area contributed by atoms with Crippen LogP contribution in [-0.2, 0) is 14.8 Å². The first-order chi connectivity index (χ1) is 15.6. The second-order valence-corrected chi connectivity index (χ2v) is 10.3. The number of rotatable bonds is 4. The van der Waals surface area contributed by atoms with Crippen molar-refractivity contribution < 1.29 is 23.1 Å². The van der Waals surface area contributed by atoms with E-state index in [4.69, 9.17) is 4.74 Å². The molecule has 0 radical (unpaired) electrons. The monoisotopic (exact) mass is 470 g/mol. The molecule has 176 valence electrons. The van der Waals surface area contributed by atoms with Crippen LogP contribution in [0, 0.1) is 17.8 Å². The third kappa shape index (κ3) is 5.74. The highest BCUT2D eigenvalue weighted by molar-refractivity contribution is 7.89. The molecule has 1 aliphatic rings. The molecule has 1 heterocycles. The maximum Gasteiger partial charge on any atom is 0.247 e. The van der Waals surface area contributed by atoms with Crippen LogP contribution < -0.4 is 4.74 Å². The summed E-state index contributed by atoms with van der Waals surface area (Å²) in [4.78, 5) is 13.4. The zero-order valence-corrected chi connectivity index (χ0v) is 20.2.